The number of amides is 3. The van der Waals surface area contributed by atoms with Crippen LogP contribution < -0.4 is 5.32 Å². The van der Waals surface area contributed by atoms with E-state index in [-0.39, 0.29) is 18.2 Å². The van der Waals surface area contributed by atoms with Crippen LogP contribution in [0, 0.1) is 5.92 Å². The first-order valence-electron chi connectivity index (χ1n) is 8.71. The normalized spacial score (nSPS) is 26.8. The van der Waals surface area contributed by atoms with Crippen molar-refractivity contribution in [3.8, 4) is 0 Å². The van der Waals surface area contributed by atoms with Gasteiger partial charge in [-0.3, -0.25) is 14.5 Å². The minimum atomic E-state index is -0.782. The smallest absolute Gasteiger partial charge is 0.323 e. The molecule has 0 atom stereocenters. The Morgan fingerprint density at radius 1 is 1.21 bits per heavy atom. The Morgan fingerprint density at radius 3 is 2.42 bits per heavy atom. The molecule has 5 heteroatoms. The van der Waals surface area contributed by atoms with Crippen LogP contribution in [0.4, 0.5) is 4.79 Å². The zero-order chi connectivity index (χ0) is 17.3. The zero-order valence-corrected chi connectivity index (χ0v) is 14.3. The standard InChI is InChI=1S/C19H24N2O3/c1-3-14-4-6-15(7-5-14)16(22)12-21-17(23)19(20-18(21)24)10-8-13(2)9-11-19/h4-7,13H,3,8-12H2,1-2H3,(H,20,24). The highest BCUT2D eigenvalue weighted by Crippen LogP contribution is 2.36. The molecular weight excluding hydrogens is 304 g/mol. The Balaban J connectivity index is 1.71. The second-order valence-electron chi connectivity index (χ2n) is 7.06. The number of hydrogen-bond acceptors (Lipinski definition) is 3. The van der Waals surface area contributed by atoms with Crippen LogP contribution in [0.2, 0.25) is 0 Å². The molecule has 2 fully saturated rings. The number of rotatable bonds is 4. The fourth-order valence-electron chi connectivity index (χ4n) is 3.57. The summed E-state index contributed by atoms with van der Waals surface area (Å²) in [6.07, 6.45) is 4.07. The molecule has 24 heavy (non-hydrogen) atoms. The van der Waals surface area contributed by atoms with Gasteiger partial charge < -0.3 is 5.32 Å². The van der Waals surface area contributed by atoms with Gasteiger partial charge in [-0.2, -0.15) is 0 Å². The second-order valence-corrected chi connectivity index (χ2v) is 7.06. The van der Waals surface area contributed by atoms with Crippen molar-refractivity contribution in [2.24, 2.45) is 5.92 Å². The lowest BCUT2D eigenvalue weighted by Crippen LogP contribution is -2.49. The number of urea groups is 1. The highest BCUT2D eigenvalue weighted by atomic mass is 16.2. The summed E-state index contributed by atoms with van der Waals surface area (Å²) in [5, 5.41) is 2.85. The van der Waals surface area contributed by atoms with Gasteiger partial charge in [-0.25, -0.2) is 4.79 Å². The van der Waals surface area contributed by atoms with Gasteiger partial charge in [0.2, 0.25) is 0 Å². The van der Waals surface area contributed by atoms with E-state index in [0.717, 1.165) is 29.7 Å². The number of ketones is 1. The predicted octanol–water partition coefficient (Wildman–Crippen LogP) is 2.93. The van der Waals surface area contributed by atoms with E-state index in [4.69, 9.17) is 0 Å². The van der Waals surface area contributed by atoms with Crippen molar-refractivity contribution in [1.29, 1.82) is 0 Å². The summed E-state index contributed by atoms with van der Waals surface area (Å²) >= 11 is 0. The van der Waals surface area contributed by atoms with Gasteiger partial charge in [0.15, 0.2) is 5.78 Å². The van der Waals surface area contributed by atoms with Gasteiger partial charge in [0.05, 0.1) is 6.54 Å². The maximum absolute atomic E-state index is 12.8. The van der Waals surface area contributed by atoms with Gasteiger partial charge in [-0.1, -0.05) is 38.1 Å². The average Bonchev–Trinajstić information content (AvgIpc) is 2.82. The Hall–Kier alpha value is -2.17. The van der Waals surface area contributed by atoms with Gasteiger partial charge in [0, 0.05) is 5.56 Å². The number of aryl methyl sites for hydroxylation is 1. The Bertz CT molecular complexity index is 658. The fourth-order valence-corrected chi connectivity index (χ4v) is 3.57. The van der Waals surface area contributed by atoms with E-state index >= 15 is 0 Å². The summed E-state index contributed by atoms with van der Waals surface area (Å²) in [5.41, 5.74) is 0.901. The lowest BCUT2D eigenvalue weighted by Gasteiger charge is -2.33. The summed E-state index contributed by atoms with van der Waals surface area (Å²) in [7, 11) is 0. The molecule has 1 saturated heterocycles. The van der Waals surface area contributed by atoms with Gasteiger partial charge in [-0.05, 0) is 43.6 Å². The Kier molecular flexibility index (Phi) is 4.43. The third-order valence-electron chi connectivity index (χ3n) is 5.36. The first kappa shape index (κ1) is 16.7. The van der Waals surface area contributed by atoms with Crippen molar-refractivity contribution >= 4 is 17.7 Å². The van der Waals surface area contributed by atoms with E-state index in [0.29, 0.717) is 24.3 Å². The predicted molar refractivity (Wildman–Crippen MR) is 90.8 cm³/mol. The van der Waals surface area contributed by atoms with Crippen LogP contribution >= 0.6 is 0 Å². The van der Waals surface area contributed by atoms with Crippen LogP contribution in [-0.4, -0.2) is 34.7 Å². The Labute approximate surface area is 142 Å². The van der Waals surface area contributed by atoms with Crippen LogP contribution in [0.15, 0.2) is 24.3 Å². The minimum Gasteiger partial charge on any atom is -0.323 e. The van der Waals surface area contributed by atoms with E-state index in [1.807, 2.05) is 12.1 Å². The molecule has 1 aliphatic heterocycles. The van der Waals surface area contributed by atoms with E-state index in [1.165, 1.54) is 0 Å². The molecule has 0 aromatic heterocycles. The maximum Gasteiger partial charge on any atom is 0.325 e. The summed E-state index contributed by atoms with van der Waals surface area (Å²) in [6.45, 7) is 4.03. The van der Waals surface area contributed by atoms with Crippen LogP contribution in [0.1, 0.15) is 55.5 Å². The van der Waals surface area contributed by atoms with Gasteiger partial charge in [0.25, 0.3) is 5.91 Å². The molecule has 1 spiro atoms. The van der Waals surface area contributed by atoms with Crippen molar-refractivity contribution in [3.63, 3.8) is 0 Å². The summed E-state index contributed by atoms with van der Waals surface area (Å²) in [4.78, 5) is 38.5. The van der Waals surface area contributed by atoms with Crippen molar-refractivity contribution in [2.45, 2.75) is 51.5 Å². The lowest BCUT2D eigenvalue weighted by atomic mass is 9.77. The van der Waals surface area contributed by atoms with Crippen molar-refractivity contribution in [3.05, 3.63) is 35.4 Å². The molecule has 1 heterocycles. The molecule has 0 radical (unpaired) electrons. The molecular formula is C19H24N2O3. The van der Waals surface area contributed by atoms with Gasteiger partial charge >= 0.3 is 6.03 Å². The highest BCUT2D eigenvalue weighted by molar-refractivity contribution is 6.11. The number of nitrogens with zero attached hydrogens (tertiary/aromatic N) is 1. The fraction of sp³-hybridized carbons (Fsp3) is 0.526. The largest absolute Gasteiger partial charge is 0.325 e. The molecule has 3 amide bonds. The first-order valence-corrected chi connectivity index (χ1v) is 8.71. The van der Waals surface area contributed by atoms with Crippen LogP contribution in [-0.2, 0) is 11.2 Å². The van der Waals surface area contributed by atoms with Crippen molar-refractivity contribution in [1.82, 2.24) is 10.2 Å². The highest BCUT2D eigenvalue weighted by Gasteiger charge is 2.52. The molecule has 1 aliphatic carbocycles. The number of imide groups is 1. The zero-order valence-electron chi connectivity index (χ0n) is 14.3. The van der Waals surface area contributed by atoms with Crippen molar-refractivity contribution < 1.29 is 14.4 Å². The number of Topliss-reactive ketones (excluding diaryl/α,β-unsaturated/α-hetero) is 1. The van der Waals surface area contributed by atoms with Crippen LogP contribution in [0.3, 0.4) is 0 Å². The lowest BCUT2D eigenvalue weighted by molar-refractivity contribution is -0.132. The third-order valence-corrected chi connectivity index (χ3v) is 5.36. The third kappa shape index (κ3) is 2.95. The van der Waals surface area contributed by atoms with Crippen LogP contribution in [0.25, 0.3) is 0 Å². The van der Waals surface area contributed by atoms with Crippen LogP contribution in [0.5, 0.6) is 0 Å². The first-order chi connectivity index (χ1) is 11.4. The summed E-state index contributed by atoms with van der Waals surface area (Å²) in [5.74, 6) is 0.133. The second kappa shape index (κ2) is 6.38. The SMILES string of the molecule is CCc1ccc(C(=O)CN2C(=O)NC3(CCC(C)CC3)C2=O)cc1. The number of carbonyl (C=O) groups is 3. The summed E-state index contributed by atoms with van der Waals surface area (Å²) < 4.78 is 0. The van der Waals surface area contributed by atoms with E-state index in [1.54, 1.807) is 12.1 Å². The molecule has 1 saturated carbocycles. The molecule has 0 bridgehead atoms. The maximum atomic E-state index is 12.8. The molecule has 1 aromatic rings. The molecule has 1 N–H and O–H groups in total. The number of nitrogens with one attached hydrogen (secondary N) is 1. The van der Waals surface area contributed by atoms with Crippen molar-refractivity contribution in [2.75, 3.05) is 6.54 Å². The average molecular weight is 328 g/mol. The number of carbonyl (C=O) groups excluding carboxylic acids is 3. The van der Waals surface area contributed by atoms with Gasteiger partial charge in [-0.15, -0.1) is 0 Å². The monoisotopic (exact) mass is 328 g/mol. The van der Waals surface area contributed by atoms with E-state index in [9.17, 15) is 14.4 Å². The minimum absolute atomic E-state index is 0.187. The quantitative estimate of drug-likeness (QED) is 0.682. The summed E-state index contributed by atoms with van der Waals surface area (Å²) in [6, 6.07) is 6.90. The topological polar surface area (TPSA) is 66.5 Å². The molecule has 0 unspecified atom stereocenters. The molecule has 5 nitrogen and oxygen atoms in total. The number of benzene rings is 1. The van der Waals surface area contributed by atoms with E-state index < -0.39 is 11.6 Å². The number of hydrogen-bond donors (Lipinski definition) is 1. The van der Waals surface area contributed by atoms with Gasteiger partial charge in [0.1, 0.15) is 5.54 Å². The Morgan fingerprint density at radius 2 is 1.83 bits per heavy atom. The van der Waals surface area contributed by atoms with E-state index in [2.05, 4.69) is 19.2 Å². The molecule has 2 aliphatic rings. The molecule has 1 aromatic carbocycles. The molecule has 3 rings (SSSR count). The molecule has 128 valence electrons.